The molecule has 2 rings (SSSR count). The van der Waals surface area contributed by atoms with Gasteiger partial charge in [0.05, 0.1) is 4.90 Å². The molecule has 0 saturated heterocycles. The number of nitrogens with zero attached hydrogens (tertiary/aromatic N) is 2. The standard InChI is InChI=1S/C26H37N3O4S/c1-6-21(3)27-26(31)22(4)29(19-23-14-11-10-13-20(23)2)25(30)17-12-18-28(5)34(32,33)24-15-8-7-9-16-24/h7-11,13-16,21-22H,6,12,17-19H2,1-5H3,(H,27,31)/t21-,22-/m0/s1. The Bertz CT molecular complexity index is 1060. The second-order valence-corrected chi connectivity index (χ2v) is 10.7. The summed E-state index contributed by atoms with van der Waals surface area (Å²) in [5, 5.41) is 2.96. The van der Waals surface area contributed by atoms with E-state index < -0.39 is 16.1 Å². The Labute approximate surface area is 204 Å². The number of rotatable bonds is 12. The molecule has 2 amide bonds. The van der Waals surface area contributed by atoms with Gasteiger partial charge in [-0.2, -0.15) is 0 Å². The maximum absolute atomic E-state index is 13.2. The van der Waals surface area contributed by atoms with Gasteiger partial charge >= 0.3 is 0 Å². The predicted octanol–water partition coefficient (Wildman–Crippen LogP) is 3.73. The number of benzene rings is 2. The summed E-state index contributed by atoms with van der Waals surface area (Å²) < 4.78 is 26.7. The Balaban J connectivity index is 2.10. The summed E-state index contributed by atoms with van der Waals surface area (Å²) in [7, 11) is -2.10. The van der Waals surface area contributed by atoms with Gasteiger partial charge in [0.15, 0.2) is 0 Å². The molecule has 2 aromatic rings. The van der Waals surface area contributed by atoms with Gasteiger partial charge in [-0.25, -0.2) is 12.7 Å². The molecule has 1 N–H and O–H groups in total. The highest BCUT2D eigenvalue weighted by atomic mass is 32.2. The minimum Gasteiger partial charge on any atom is -0.352 e. The zero-order valence-electron chi connectivity index (χ0n) is 20.8. The Morgan fingerprint density at radius 1 is 1.00 bits per heavy atom. The maximum Gasteiger partial charge on any atom is 0.242 e. The van der Waals surface area contributed by atoms with Crippen molar-refractivity contribution >= 4 is 21.8 Å². The smallest absolute Gasteiger partial charge is 0.242 e. The largest absolute Gasteiger partial charge is 0.352 e. The van der Waals surface area contributed by atoms with Gasteiger partial charge in [0.2, 0.25) is 21.8 Å². The minimum absolute atomic E-state index is 0.0159. The van der Waals surface area contributed by atoms with Gasteiger partial charge in [0.1, 0.15) is 6.04 Å². The molecule has 0 aliphatic carbocycles. The van der Waals surface area contributed by atoms with E-state index in [-0.39, 0.29) is 35.7 Å². The number of carbonyl (C=O) groups excluding carboxylic acids is 2. The molecule has 0 heterocycles. The summed E-state index contributed by atoms with van der Waals surface area (Å²) in [4.78, 5) is 27.9. The average molecular weight is 488 g/mol. The van der Waals surface area contributed by atoms with Crippen molar-refractivity contribution in [2.45, 2.75) is 70.5 Å². The van der Waals surface area contributed by atoms with Crippen LogP contribution in [0.2, 0.25) is 0 Å². The molecule has 0 aliphatic heterocycles. The zero-order valence-corrected chi connectivity index (χ0v) is 21.6. The third-order valence-electron chi connectivity index (χ3n) is 6.09. The minimum atomic E-state index is -3.61. The lowest BCUT2D eigenvalue weighted by Gasteiger charge is -2.30. The van der Waals surface area contributed by atoms with Crippen molar-refractivity contribution in [1.82, 2.24) is 14.5 Å². The van der Waals surface area contributed by atoms with Crippen LogP contribution in [0.4, 0.5) is 0 Å². The molecule has 0 bridgehead atoms. The summed E-state index contributed by atoms with van der Waals surface area (Å²) in [6.45, 7) is 8.16. The van der Waals surface area contributed by atoms with Gasteiger partial charge in [0, 0.05) is 32.6 Å². The first-order valence-corrected chi connectivity index (χ1v) is 13.2. The number of hydrogen-bond acceptors (Lipinski definition) is 4. The van der Waals surface area contributed by atoms with E-state index in [2.05, 4.69) is 5.32 Å². The van der Waals surface area contributed by atoms with Crippen molar-refractivity contribution in [1.29, 1.82) is 0 Å². The molecule has 8 heteroatoms. The van der Waals surface area contributed by atoms with E-state index in [1.165, 1.54) is 11.4 Å². The Kier molecular flexibility index (Phi) is 10.3. The fraction of sp³-hybridized carbons (Fsp3) is 0.462. The number of carbonyl (C=O) groups is 2. The molecular formula is C26H37N3O4S. The first kappa shape index (κ1) is 27.5. The van der Waals surface area contributed by atoms with Gasteiger partial charge < -0.3 is 10.2 Å². The third kappa shape index (κ3) is 7.40. The number of sulfonamides is 1. The molecule has 0 saturated carbocycles. The van der Waals surface area contributed by atoms with Crippen molar-refractivity contribution in [3.63, 3.8) is 0 Å². The van der Waals surface area contributed by atoms with Crippen molar-refractivity contribution in [3.05, 3.63) is 65.7 Å². The predicted molar refractivity (Wildman–Crippen MR) is 135 cm³/mol. The van der Waals surface area contributed by atoms with Crippen LogP contribution in [0.15, 0.2) is 59.5 Å². The normalized spacial score (nSPS) is 13.4. The van der Waals surface area contributed by atoms with Crippen LogP contribution in [0.25, 0.3) is 0 Å². The molecule has 0 radical (unpaired) electrons. The summed E-state index contributed by atoms with van der Waals surface area (Å²) in [5.41, 5.74) is 2.02. The van der Waals surface area contributed by atoms with Crippen LogP contribution < -0.4 is 5.32 Å². The van der Waals surface area contributed by atoms with Crippen LogP contribution in [0.5, 0.6) is 0 Å². The number of amides is 2. The first-order chi connectivity index (χ1) is 16.1. The van der Waals surface area contributed by atoms with Crippen LogP contribution in [0, 0.1) is 6.92 Å². The average Bonchev–Trinajstić information content (AvgIpc) is 2.83. The van der Waals surface area contributed by atoms with Crippen molar-refractivity contribution in [3.8, 4) is 0 Å². The molecule has 186 valence electrons. The molecule has 0 spiro atoms. The quantitative estimate of drug-likeness (QED) is 0.494. The van der Waals surface area contributed by atoms with Crippen LogP contribution in [0.3, 0.4) is 0 Å². The summed E-state index contributed by atoms with van der Waals surface area (Å²) in [5.74, 6) is -0.374. The molecule has 2 aromatic carbocycles. The van der Waals surface area contributed by atoms with Gasteiger partial charge in [-0.1, -0.05) is 49.4 Å². The van der Waals surface area contributed by atoms with Crippen molar-refractivity contribution in [2.75, 3.05) is 13.6 Å². The molecule has 0 aromatic heterocycles. The SMILES string of the molecule is CC[C@H](C)NC(=O)[C@H](C)N(Cc1ccccc1C)C(=O)CCCN(C)S(=O)(=O)c1ccccc1. The second kappa shape index (κ2) is 12.7. The Morgan fingerprint density at radius 3 is 2.24 bits per heavy atom. The van der Waals surface area contributed by atoms with Crippen LogP contribution in [-0.2, 0) is 26.2 Å². The molecular weight excluding hydrogens is 450 g/mol. The van der Waals surface area contributed by atoms with Gasteiger partial charge in [-0.15, -0.1) is 0 Å². The Hall–Kier alpha value is -2.71. The van der Waals surface area contributed by atoms with Crippen molar-refractivity contribution in [2.24, 2.45) is 0 Å². The van der Waals surface area contributed by atoms with Gasteiger partial charge in [-0.05, 0) is 56.9 Å². The molecule has 0 aliphatic rings. The van der Waals surface area contributed by atoms with E-state index in [1.807, 2.05) is 45.0 Å². The molecule has 2 atom stereocenters. The van der Waals surface area contributed by atoms with E-state index in [1.54, 1.807) is 42.2 Å². The topological polar surface area (TPSA) is 86.8 Å². The number of nitrogens with one attached hydrogen (secondary N) is 1. The summed E-state index contributed by atoms with van der Waals surface area (Å²) >= 11 is 0. The third-order valence-corrected chi connectivity index (χ3v) is 7.96. The molecule has 7 nitrogen and oxygen atoms in total. The maximum atomic E-state index is 13.2. The monoisotopic (exact) mass is 487 g/mol. The van der Waals surface area contributed by atoms with E-state index in [4.69, 9.17) is 0 Å². The van der Waals surface area contributed by atoms with Gasteiger partial charge in [-0.3, -0.25) is 9.59 Å². The number of hydrogen-bond donors (Lipinski definition) is 1. The lowest BCUT2D eigenvalue weighted by atomic mass is 10.1. The first-order valence-electron chi connectivity index (χ1n) is 11.7. The van der Waals surface area contributed by atoms with E-state index in [0.29, 0.717) is 13.0 Å². The van der Waals surface area contributed by atoms with E-state index in [0.717, 1.165) is 17.5 Å². The lowest BCUT2D eigenvalue weighted by molar-refractivity contribution is -0.141. The van der Waals surface area contributed by atoms with Gasteiger partial charge in [0.25, 0.3) is 0 Å². The highest BCUT2D eigenvalue weighted by molar-refractivity contribution is 7.89. The second-order valence-electron chi connectivity index (χ2n) is 8.69. The lowest BCUT2D eigenvalue weighted by Crippen LogP contribution is -2.49. The van der Waals surface area contributed by atoms with Crippen LogP contribution >= 0.6 is 0 Å². The summed E-state index contributed by atoms with van der Waals surface area (Å²) in [6.07, 6.45) is 1.29. The molecule has 0 fully saturated rings. The summed E-state index contributed by atoms with van der Waals surface area (Å²) in [6, 6.07) is 15.4. The van der Waals surface area contributed by atoms with Crippen molar-refractivity contribution < 1.29 is 18.0 Å². The highest BCUT2D eigenvalue weighted by Gasteiger charge is 2.27. The van der Waals surface area contributed by atoms with E-state index >= 15 is 0 Å². The van der Waals surface area contributed by atoms with Crippen LogP contribution in [0.1, 0.15) is 51.2 Å². The zero-order chi connectivity index (χ0) is 25.3. The van der Waals surface area contributed by atoms with Crippen LogP contribution in [-0.4, -0.2) is 55.1 Å². The number of aryl methyl sites for hydroxylation is 1. The molecule has 0 unspecified atom stereocenters. The fourth-order valence-electron chi connectivity index (χ4n) is 3.51. The highest BCUT2D eigenvalue weighted by Crippen LogP contribution is 2.17. The Morgan fingerprint density at radius 2 is 1.62 bits per heavy atom. The molecule has 34 heavy (non-hydrogen) atoms. The fourth-order valence-corrected chi connectivity index (χ4v) is 4.74. The van der Waals surface area contributed by atoms with E-state index in [9.17, 15) is 18.0 Å².